The minimum Gasteiger partial charge on any atom is -0.316 e. The third kappa shape index (κ3) is 3.25. The van der Waals surface area contributed by atoms with Crippen molar-refractivity contribution in [2.45, 2.75) is 52.4 Å². The van der Waals surface area contributed by atoms with Crippen LogP contribution in [0.2, 0.25) is 0 Å². The highest BCUT2D eigenvalue weighted by atomic mass is 14.9. The number of aryl methyl sites for hydroxylation is 2. The molecule has 0 aliphatic heterocycles. The van der Waals surface area contributed by atoms with Crippen LogP contribution in [0.4, 0.5) is 0 Å². The summed E-state index contributed by atoms with van der Waals surface area (Å²) < 4.78 is 0. The molecule has 1 aromatic heterocycles. The molecule has 1 heterocycles. The van der Waals surface area contributed by atoms with Crippen molar-refractivity contribution in [3.8, 4) is 0 Å². The Morgan fingerprint density at radius 1 is 1.12 bits per heavy atom. The average Bonchev–Trinajstić information content (AvgIpc) is 3.10. The summed E-state index contributed by atoms with van der Waals surface area (Å²) in [4.78, 5) is 9.31. The fourth-order valence-corrected chi connectivity index (χ4v) is 2.17. The van der Waals surface area contributed by atoms with Crippen LogP contribution in [0.1, 0.15) is 54.9 Å². The van der Waals surface area contributed by atoms with E-state index >= 15 is 0 Å². The molecule has 0 saturated heterocycles. The quantitative estimate of drug-likeness (QED) is 0.767. The Kier molecular flexibility index (Phi) is 4.11. The molecular weight excluding hydrogens is 210 g/mol. The Hall–Kier alpha value is -0.960. The summed E-state index contributed by atoms with van der Waals surface area (Å²) in [5, 5.41) is 3.43. The summed E-state index contributed by atoms with van der Waals surface area (Å²) in [7, 11) is 0. The van der Waals surface area contributed by atoms with Gasteiger partial charge < -0.3 is 5.32 Å². The van der Waals surface area contributed by atoms with Gasteiger partial charge in [-0.1, -0.05) is 6.92 Å². The lowest BCUT2D eigenvalue weighted by Gasteiger charge is -2.11. The highest BCUT2D eigenvalue weighted by Crippen LogP contribution is 2.38. The second-order valence-corrected chi connectivity index (χ2v) is 5.01. The zero-order valence-electron chi connectivity index (χ0n) is 11.2. The minimum atomic E-state index is 0.652. The standard InChI is InChI=1S/C14H23N3/c1-4-8-15-9-7-13-10(2)16-14(12-5-6-12)17-11(13)3/h12,15H,4-9H2,1-3H3. The lowest BCUT2D eigenvalue weighted by atomic mass is 10.1. The number of nitrogens with one attached hydrogen (secondary N) is 1. The zero-order chi connectivity index (χ0) is 12.3. The van der Waals surface area contributed by atoms with Gasteiger partial charge in [-0.15, -0.1) is 0 Å². The smallest absolute Gasteiger partial charge is 0.131 e. The number of hydrogen-bond donors (Lipinski definition) is 1. The van der Waals surface area contributed by atoms with Crippen molar-refractivity contribution in [3.05, 3.63) is 22.8 Å². The van der Waals surface area contributed by atoms with E-state index in [1.807, 2.05) is 0 Å². The maximum absolute atomic E-state index is 4.66. The van der Waals surface area contributed by atoms with Crippen molar-refractivity contribution in [1.29, 1.82) is 0 Å². The molecule has 0 amide bonds. The molecule has 3 heteroatoms. The Morgan fingerprint density at radius 2 is 1.76 bits per heavy atom. The van der Waals surface area contributed by atoms with E-state index in [1.165, 1.54) is 36.2 Å². The van der Waals surface area contributed by atoms with Gasteiger partial charge in [-0.05, 0) is 58.2 Å². The third-order valence-corrected chi connectivity index (χ3v) is 3.36. The molecule has 1 aliphatic carbocycles. The number of rotatable bonds is 6. The third-order valence-electron chi connectivity index (χ3n) is 3.36. The number of aromatic nitrogens is 2. The zero-order valence-corrected chi connectivity index (χ0v) is 11.2. The van der Waals surface area contributed by atoms with E-state index in [1.54, 1.807) is 0 Å². The van der Waals surface area contributed by atoms with Crippen LogP contribution >= 0.6 is 0 Å². The van der Waals surface area contributed by atoms with E-state index < -0.39 is 0 Å². The minimum absolute atomic E-state index is 0.652. The van der Waals surface area contributed by atoms with Gasteiger partial charge in [0, 0.05) is 17.3 Å². The Labute approximate surface area is 104 Å². The summed E-state index contributed by atoms with van der Waals surface area (Å²) in [5.41, 5.74) is 3.69. The molecule has 0 spiro atoms. The van der Waals surface area contributed by atoms with Crippen LogP contribution in [0, 0.1) is 13.8 Å². The topological polar surface area (TPSA) is 37.8 Å². The summed E-state index contributed by atoms with van der Waals surface area (Å²) in [6, 6.07) is 0. The van der Waals surface area contributed by atoms with E-state index in [-0.39, 0.29) is 0 Å². The Bertz CT molecular complexity index is 360. The lowest BCUT2D eigenvalue weighted by molar-refractivity contribution is 0.664. The molecule has 0 unspecified atom stereocenters. The molecule has 1 N–H and O–H groups in total. The van der Waals surface area contributed by atoms with E-state index in [0.717, 1.165) is 25.3 Å². The molecule has 3 nitrogen and oxygen atoms in total. The molecule has 1 aliphatic rings. The summed E-state index contributed by atoms with van der Waals surface area (Å²) in [5.74, 6) is 1.73. The molecule has 94 valence electrons. The predicted molar refractivity (Wildman–Crippen MR) is 70.3 cm³/mol. The number of hydrogen-bond acceptors (Lipinski definition) is 3. The fourth-order valence-electron chi connectivity index (χ4n) is 2.17. The monoisotopic (exact) mass is 233 g/mol. The molecule has 1 saturated carbocycles. The molecular formula is C14H23N3. The van der Waals surface area contributed by atoms with Gasteiger partial charge in [-0.2, -0.15) is 0 Å². The van der Waals surface area contributed by atoms with E-state index in [0.29, 0.717) is 5.92 Å². The van der Waals surface area contributed by atoms with Gasteiger partial charge in [0.05, 0.1) is 0 Å². The van der Waals surface area contributed by atoms with Crippen LogP contribution in [-0.2, 0) is 6.42 Å². The summed E-state index contributed by atoms with van der Waals surface area (Å²) in [6.07, 6.45) is 4.78. The molecule has 0 radical (unpaired) electrons. The predicted octanol–water partition coefficient (Wildman–Crippen LogP) is 2.51. The van der Waals surface area contributed by atoms with Crippen molar-refractivity contribution in [1.82, 2.24) is 15.3 Å². The van der Waals surface area contributed by atoms with E-state index in [4.69, 9.17) is 0 Å². The number of nitrogens with zero attached hydrogens (tertiary/aromatic N) is 2. The molecule has 0 bridgehead atoms. The van der Waals surface area contributed by atoms with Gasteiger partial charge in [0.1, 0.15) is 5.82 Å². The Morgan fingerprint density at radius 3 is 2.29 bits per heavy atom. The van der Waals surface area contributed by atoms with Crippen molar-refractivity contribution in [2.75, 3.05) is 13.1 Å². The highest BCUT2D eigenvalue weighted by Gasteiger charge is 2.27. The Balaban J connectivity index is 2.00. The lowest BCUT2D eigenvalue weighted by Crippen LogP contribution is -2.19. The highest BCUT2D eigenvalue weighted by molar-refractivity contribution is 5.26. The first-order valence-corrected chi connectivity index (χ1v) is 6.77. The summed E-state index contributed by atoms with van der Waals surface area (Å²) in [6.45, 7) is 8.56. The fraction of sp³-hybridized carbons (Fsp3) is 0.714. The molecule has 0 aromatic carbocycles. The van der Waals surface area contributed by atoms with Gasteiger partial charge in [-0.3, -0.25) is 0 Å². The normalized spacial score (nSPS) is 15.2. The SMILES string of the molecule is CCCNCCc1c(C)nc(C2CC2)nc1C. The van der Waals surface area contributed by atoms with Crippen molar-refractivity contribution in [2.24, 2.45) is 0 Å². The molecule has 1 aromatic rings. The van der Waals surface area contributed by atoms with E-state index in [2.05, 4.69) is 36.1 Å². The second-order valence-electron chi connectivity index (χ2n) is 5.01. The van der Waals surface area contributed by atoms with Crippen molar-refractivity contribution in [3.63, 3.8) is 0 Å². The molecule has 0 atom stereocenters. The van der Waals surface area contributed by atoms with Crippen LogP contribution in [0.3, 0.4) is 0 Å². The van der Waals surface area contributed by atoms with Crippen LogP contribution in [0.5, 0.6) is 0 Å². The van der Waals surface area contributed by atoms with Gasteiger partial charge in [0.25, 0.3) is 0 Å². The molecule has 17 heavy (non-hydrogen) atoms. The van der Waals surface area contributed by atoms with Crippen LogP contribution in [0.25, 0.3) is 0 Å². The first-order valence-electron chi connectivity index (χ1n) is 6.77. The first-order chi connectivity index (χ1) is 8.22. The average molecular weight is 233 g/mol. The molecule has 2 rings (SSSR count). The van der Waals surface area contributed by atoms with Crippen LogP contribution in [-0.4, -0.2) is 23.1 Å². The second kappa shape index (κ2) is 5.58. The van der Waals surface area contributed by atoms with E-state index in [9.17, 15) is 0 Å². The van der Waals surface area contributed by atoms with Crippen LogP contribution in [0.15, 0.2) is 0 Å². The van der Waals surface area contributed by atoms with Crippen LogP contribution < -0.4 is 5.32 Å². The van der Waals surface area contributed by atoms with Gasteiger partial charge in [-0.25, -0.2) is 9.97 Å². The summed E-state index contributed by atoms with van der Waals surface area (Å²) >= 11 is 0. The van der Waals surface area contributed by atoms with Gasteiger partial charge >= 0.3 is 0 Å². The van der Waals surface area contributed by atoms with Crippen molar-refractivity contribution >= 4 is 0 Å². The maximum atomic E-state index is 4.66. The molecule has 1 fully saturated rings. The first kappa shape index (κ1) is 12.5. The van der Waals surface area contributed by atoms with Crippen molar-refractivity contribution < 1.29 is 0 Å². The van der Waals surface area contributed by atoms with Gasteiger partial charge in [0.2, 0.25) is 0 Å². The van der Waals surface area contributed by atoms with Gasteiger partial charge in [0.15, 0.2) is 0 Å². The maximum Gasteiger partial charge on any atom is 0.131 e. The largest absolute Gasteiger partial charge is 0.316 e.